The van der Waals surface area contributed by atoms with Crippen LogP contribution in [0.2, 0.25) is 0 Å². The predicted octanol–water partition coefficient (Wildman–Crippen LogP) is 3.36. The number of aromatic amines is 1. The summed E-state index contributed by atoms with van der Waals surface area (Å²) in [6.07, 6.45) is 3.79. The van der Waals surface area contributed by atoms with E-state index in [4.69, 9.17) is 0 Å². The van der Waals surface area contributed by atoms with Gasteiger partial charge in [0.05, 0.1) is 23.4 Å². The highest BCUT2D eigenvalue weighted by atomic mass is 15.4. The van der Waals surface area contributed by atoms with E-state index in [1.165, 1.54) is 0 Å². The van der Waals surface area contributed by atoms with Gasteiger partial charge in [0.1, 0.15) is 11.4 Å². The first-order chi connectivity index (χ1) is 15.3. The van der Waals surface area contributed by atoms with E-state index in [0.717, 1.165) is 75.7 Å². The standard InChI is InChI=1S/C23H20N8/c1-14-3-2-4-20(27-14)23-18(12-26-28-23)15-5-6-19-16(9-15)10-17(11-25-19)22-21-13-24-7-8-31(21)30-29-22/h2-6,9-12,24H,7-8,13H2,1H3,(H,26,28). The van der Waals surface area contributed by atoms with Gasteiger partial charge in [-0.15, -0.1) is 5.10 Å². The summed E-state index contributed by atoms with van der Waals surface area (Å²) in [6.45, 7) is 4.50. The van der Waals surface area contributed by atoms with Gasteiger partial charge in [0.2, 0.25) is 0 Å². The highest BCUT2D eigenvalue weighted by molar-refractivity contribution is 5.90. The third-order valence-corrected chi connectivity index (χ3v) is 5.67. The van der Waals surface area contributed by atoms with E-state index in [9.17, 15) is 0 Å². The molecule has 31 heavy (non-hydrogen) atoms. The average Bonchev–Trinajstić information content (AvgIpc) is 3.46. The maximum atomic E-state index is 4.67. The molecule has 0 aliphatic carbocycles. The van der Waals surface area contributed by atoms with Gasteiger partial charge in [-0.1, -0.05) is 17.3 Å². The van der Waals surface area contributed by atoms with Crippen molar-refractivity contribution >= 4 is 10.9 Å². The molecule has 8 nitrogen and oxygen atoms in total. The number of benzene rings is 1. The first-order valence-corrected chi connectivity index (χ1v) is 10.3. The zero-order valence-corrected chi connectivity index (χ0v) is 17.0. The monoisotopic (exact) mass is 408 g/mol. The maximum absolute atomic E-state index is 4.67. The van der Waals surface area contributed by atoms with Crippen LogP contribution in [0, 0.1) is 6.92 Å². The zero-order valence-electron chi connectivity index (χ0n) is 17.0. The molecule has 0 saturated heterocycles. The Hall–Kier alpha value is -3.91. The van der Waals surface area contributed by atoms with Crippen molar-refractivity contribution in [2.24, 2.45) is 0 Å². The first kappa shape index (κ1) is 17.9. The SMILES string of the molecule is Cc1cccc(-c2n[nH]cc2-c2ccc3ncc(-c4nnn5c4CNCC5)cc3c2)n1. The van der Waals surface area contributed by atoms with Crippen LogP contribution in [0.4, 0.5) is 0 Å². The van der Waals surface area contributed by atoms with Crippen LogP contribution in [0.5, 0.6) is 0 Å². The Morgan fingerprint density at radius 1 is 1.03 bits per heavy atom. The molecule has 5 heterocycles. The van der Waals surface area contributed by atoms with Crippen molar-refractivity contribution in [2.75, 3.05) is 6.54 Å². The lowest BCUT2D eigenvalue weighted by Crippen LogP contribution is -2.28. The number of nitrogens with one attached hydrogen (secondary N) is 2. The molecule has 1 aliphatic rings. The molecule has 0 unspecified atom stereocenters. The van der Waals surface area contributed by atoms with E-state index >= 15 is 0 Å². The number of aromatic nitrogens is 7. The van der Waals surface area contributed by atoms with Gasteiger partial charge < -0.3 is 5.32 Å². The Labute approximate surface area is 178 Å². The Bertz CT molecular complexity index is 1410. The number of hydrogen-bond donors (Lipinski definition) is 2. The minimum Gasteiger partial charge on any atom is -0.309 e. The quantitative estimate of drug-likeness (QED) is 0.475. The number of fused-ring (bicyclic) bond motifs is 2. The predicted molar refractivity (Wildman–Crippen MR) is 118 cm³/mol. The molecule has 0 fully saturated rings. The van der Waals surface area contributed by atoms with E-state index in [1.54, 1.807) is 0 Å². The molecule has 1 aliphatic heterocycles. The fraction of sp³-hybridized carbons (Fsp3) is 0.174. The third-order valence-electron chi connectivity index (χ3n) is 5.67. The lowest BCUT2D eigenvalue weighted by molar-refractivity contribution is 0.468. The normalized spacial score (nSPS) is 13.5. The molecule has 1 aromatic carbocycles. The van der Waals surface area contributed by atoms with Crippen LogP contribution in [0.3, 0.4) is 0 Å². The van der Waals surface area contributed by atoms with E-state index in [2.05, 4.69) is 54.0 Å². The summed E-state index contributed by atoms with van der Waals surface area (Å²) >= 11 is 0. The van der Waals surface area contributed by atoms with Gasteiger partial charge in [0, 0.05) is 47.7 Å². The molecule has 152 valence electrons. The second kappa shape index (κ2) is 7.10. The van der Waals surface area contributed by atoms with E-state index in [-0.39, 0.29) is 0 Å². The number of pyridine rings is 2. The minimum absolute atomic E-state index is 0.766. The average molecular weight is 408 g/mol. The Morgan fingerprint density at radius 3 is 2.90 bits per heavy atom. The summed E-state index contributed by atoms with van der Waals surface area (Å²) in [6, 6.07) is 14.4. The molecule has 5 aromatic rings. The number of rotatable bonds is 3. The second-order valence-corrected chi connectivity index (χ2v) is 7.73. The van der Waals surface area contributed by atoms with Gasteiger partial charge in [0.15, 0.2) is 0 Å². The van der Waals surface area contributed by atoms with Crippen molar-refractivity contribution in [1.82, 2.24) is 40.5 Å². The van der Waals surface area contributed by atoms with Crippen molar-refractivity contribution in [1.29, 1.82) is 0 Å². The Morgan fingerprint density at radius 2 is 1.97 bits per heavy atom. The van der Waals surface area contributed by atoms with E-state index in [0.29, 0.717) is 0 Å². The number of aryl methyl sites for hydroxylation is 1. The first-order valence-electron chi connectivity index (χ1n) is 10.3. The number of hydrogen-bond acceptors (Lipinski definition) is 6. The van der Waals surface area contributed by atoms with Crippen LogP contribution in [0.25, 0.3) is 44.7 Å². The highest BCUT2D eigenvalue weighted by Crippen LogP contribution is 2.32. The molecule has 0 amide bonds. The lowest BCUT2D eigenvalue weighted by atomic mass is 10.0. The van der Waals surface area contributed by atoms with Gasteiger partial charge in [-0.25, -0.2) is 4.68 Å². The summed E-state index contributed by atoms with van der Waals surface area (Å²) in [5, 5.41) is 20.6. The van der Waals surface area contributed by atoms with Crippen molar-refractivity contribution in [2.45, 2.75) is 20.0 Å². The molecule has 0 saturated carbocycles. The summed E-state index contributed by atoms with van der Waals surface area (Å²) in [7, 11) is 0. The van der Waals surface area contributed by atoms with Gasteiger partial charge >= 0.3 is 0 Å². The van der Waals surface area contributed by atoms with Gasteiger partial charge in [0.25, 0.3) is 0 Å². The molecule has 0 atom stereocenters. The molecular formula is C23H20N8. The number of H-pyrrole nitrogens is 1. The van der Waals surface area contributed by atoms with Crippen molar-refractivity contribution in [3.05, 3.63) is 66.2 Å². The highest BCUT2D eigenvalue weighted by Gasteiger charge is 2.18. The van der Waals surface area contributed by atoms with Crippen LogP contribution in [-0.2, 0) is 13.1 Å². The van der Waals surface area contributed by atoms with E-state index in [1.807, 2.05) is 48.3 Å². The Kier molecular flexibility index (Phi) is 4.10. The van der Waals surface area contributed by atoms with Gasteiger partial charge in [-0.05, 0) is 42.8 Å². The molecular weight excluding hydrogens is 388 g/mol. The molecule has 0 spiro atoms. The van der Waals surface area contributed by atoms with Crippen LogP contribution >= 0.6 is 0 Å². The van der Waals surface area contributed by atoms with Crippen molar-refractivity contribution in [3.63, 3.8) is 0 Å². The molecule has 0 radical (unpaired) electrons. The third kappa shape index (κ3) is 3.08. The fourth-order valence-corrected chi connectivity index (χ4v) is 4.11. The molecule has 4 aromatic heterocycles. The largest absolute Gasteiger partial charge is 0.309 e. The fourth-order valence-electron chi connectivity index (χ4n) is 4.11. The van der Waals surface area contributed by atoms with Crippen LogP contribution in [0.15, 0.2) is 54.9 Å². The Balaban J connectivity index is 1.44. The molecule has 6 rings (SSSR count). The summed E-state index contributed by atoms with van der Waals surface area (Å²) in [4.78, 5) is 9.30. The van der Waals surface area contributed by atoms with Crippen LogP contribution < -0.4 is 5.32 Å². The minimum atomic E-state index is 0.766. The van der Waals surface area contributed by atoms with Crippen molar-refractivity contribution in [3.8, 4) is 33.8 Å². The maximum Gasteiger partial charge on any atom is 0.119 e. The smallest absolute Gasteiger partial charge is 0.119 e. The molecule has 8 heteroatoms. The van der Waals surface area contributed by atoms with Crippen molar-refractivity contribution < 1.29 is 0 Å². The second-order valence-electron chi connectivity index (χ2n) is 7.73. The summed E-state index contributed by atoms with van der Waals surface area (Å²) in [5.74, 6) is 0. The molecule has 2 N–H and O–H groups in total. The van der Waals surface area contributed by atoms with E-state index < -0.39 is 0 Å². The van der Waals surface area contributed by atoms with Gasteiger partial charge in [-0.2, -0.15) is 5.10 Å². The zero-order chi connectivity index (χ0) is 20.8. The summed E-state index contributed by atoms with van der Waals surface area (Å²) < 4.78 is 1.97. The summed E-state index contributed by atoms with van der Waals surface area (Å²) in [5.41, 5.74) is 8.63. The number of nitrogens with zero attached hydrogens (tertiary/aromatic N) is 6. The lowest BCUT2D eigenvalue weighted by Gasteiger charge is -2.14. The van der Waals surface area contributed by atoms with Gasteiger partial charge in [-0.3, -0.25) is 15.1 Å². The van der Waals surface area contributed by atoms with Crippen LogP contribution in [-0.4, -0.2) is 41.7 Å². The molecule has 0 bridgehead atoms. The van der Waals surface area contributed by atoms with Crippen LogP contribution in [0.1, 0.15) is 11.4 Å². The topological polar surface area (TPSA) is 97.2 Å².